The molecule has 0 atom stereocenters. The maximum atomic E-state index is 12.9. The second-order valence-electron chi connectivity index (χ2n) is 7.63. The van der Waals surface area contributed by atoms with Crippen LogP contribution in [-0.2, 0) is 16.1 Å². The van der Waals surface area contributed by atoms with E-state index in [1.165, 1.54) is 12.0 Å². The molecule has 1 saturated heterocycles. The molecule has 1 fully saturated rings. The number of methoxy groups -OCH3 is 1. The summed E-state index contributed by atoms with van der Waals surface area (Å²) in [5, 5.41) is 3.01. The van der Waals surface area contributed by atoms with Gasteiger partial charge in [0.1, 0.15) is 0 Å². The average molecular weight is 635 g/mol. The number of thioether (sulfide) groups is 1. The van der Waals surface area contributed by atoms with Crippen LogP contribution in [0.25, 0.3) is 6.08 Å². The molecular formula is C26H20ClIN2O5S. The Kier molecular flexibility index (Phi) is 8.55. The molecule has 0 bridgehead atoms. The van der Waals surface area contributed by atoms with Gasteiger partial charge in [-0.1, -0.05) is 41.9 Å². The topological polar surface area (TPSA) is 84.9 Å². The van der Waals surface area contributed by atoms with Crippen molar-refractivity contribution in [1.29, 1.82) is 0 Å². The first-order valence-corrected chi connectivity index (χ1v) is 13.0. The number of anilines is 1. The molecule has 0 spiro atoms. The molecule has 0 aliphatic carbocycles. The van der Waals surface area contributed by atoms with Gasteiger partial charge in [0.2, 0.25) is 0 Å². The van der Waals surface area contributed by atoms with E-state index in [0.717, 1.165) is 17.3 Å². The highest BCUT2D eigenvalue weighted by Crippen LogP contribution is 2.37. The van der Waals surface area contributed by atoms with Gasteiger partial charge in [0.25, 0.3) is 17.1 Å². The van der Waals surface area contributed by atoms with Crippen LogP contribution in [0.4, 0.5) is 10.5 Å². The van der Waals surface area contributed by atoms with Crippen LogP contribution in [0.5, 0.6) is 11.5 Å². The molecular weight excluding hydrogens is 615 g/mol. The first-order chi connectivity index (χ1) is 17.3. The minimum atomic E-state index is -0.369. The molecule has 1 aliphatic heterocycles. The van der Waals surface area contributed by atoms with Crippen LogP contribution >= 0.6 is 46.0 Å². The van der Waals surface area contributed by atoms with E-state index >= 15 is 0 Å². The number of rotatable bonds is 8. The number of carbonyl (C=O) groups excluding carboxylic acids is 3. The molecule has 1 aliphatic rings. The summed E-state index contributed by atoms with van der Waals surface area (Å²) in [7, 11) is 1.49. The van der Waals surface area contributed by atoms with Crippen molar-refractivity contribution in [3.05, 3.63) is 91.4 Å². The summed E-state index contributed by atoms with van der Waals surface area (Å²) in [5.41, 5.74) is 2.14. The van der Waals surface area contributed by atoms with Crippen molar-refractivity contribution in [2.24, 2.45) is 0 Å². The Morgan fingerprint density at radius 3 is 2.53 bits per heavy atom. The van der Waals surface area contributed by atoms with Crippen molar-refractivity contribution < 1.29 is 23.9 Å². The van der Waals surface area contributed by atoms with E-state index in [4.69, 9.17) is 21.1 Å². The highest BCUT2D eigenvalue weighted by Gasteiger charge is 2.35. The second kappa shape index (κ2) is 11.8. The number of para-hydroxylation sites is 1. The number of nitrogens with zero attached hydrogens (tertiary/aromatic N) is 1. The maximum Gasteiger partial charge on any atom is 0.293 e. The quantitative estimate of drug-likeness (QED) is 0.235. The Bertz CT molecular complexity index is 1330. The average Bonchev–Trinajstić information content (AvgIpc) is 3.12. The van der Waals surface area contributed by atoms with Crippen molar-refractivity contribution in [3.63, 3.8) is 0 Å². The van der Waals surface area contributed by atoms with Gasteiger partial charge < -0.3 is 14.8 Å². The van der Waals surface area contributed by atoms with E-state index < -0.39 is 0 Å². The Morgan fingerprint density at radius 2 is 1.83 bits per heavy atom. The van der Waals surface area contributed by atoms with Crippen molar-refractivity contribution in [3.8, 4) is 11.5 Å². The molecule has 36 heavy (non-hydrogen) atoms. The number of ether oxygens (including phenoxy) is 2. The van der Waals surface area contributed by atoms with E-state index in [1.54, 1.807) is 54.6 Å². The zero-order valence-electron chi connectivity index (χ0n) is 19.0. The monoisotopic (exact) mass is 634 g/mol. The lowest BCUT2D eigenvalue weighted by molar-refractivity contribution is -0.123. The Morgan fingerprint density at radius 1 is 1.11 bits per heavy atom. The van der Waals surface area contributed by atoms with E-state index in [-0.39, 0.29) is 30.2 Å². The summed E-state index contributed by atoms with van der Waals surface area (Å²) in [4.78, 5) is 39.2. The van der Waals surface area contributed by atoms with E-state index in [2.05, 4.69) is 27.9 Å². The lowest BCUT2D eigenvalue weighted by Gasteiger charge is -2.14. The third-order valence-corrected chi connectivity index (χ3v) is 7.04. The van der Waals surface area contributed by atoms with Crippen molar-refractivity contribution in [1.82, 2.24) is 4.90 Å². The van der Waals surface area contributed by atoms with Gasteiger partial charge in [-0.15, -0.1) is 0 Å². The summed E-state index contributed by atoms with van der Waals surface area (Å²) in [6.07, 6.45) is 1.64. The SMILES string of the molecule is COc1cc(/C=C2/SC(=O)N(Cc3ccc(Cl)cc3)C2=O)cc(I)c1OCC(=O)Nc1ccccc1. The van der Waals surface area contributed by atoms with Gasteiger partial charge in [-0.3, -0.25) is 19.3 Å². The van der Waals surface area contributed by atoms with Crippen LogP contribution in [-0.4, -0.2) is 35.7 Å². The van der Waals surface area contributed by atoms with Crippen LogP contribution in [0.15, 0.2) is 71.6 Å². The Balaban J connectivity index is 1.46. The molecule has 0 aromatic heterocycles. The number of imide groups is 1. The van der Waals surface area contributed by atoms with Gasteiger partial charge >= 0.3 is 0 Å². The number of hydrogen-bond donors (Lipinski definition) is 1. The maximum absolute atomic E-state index is 12.9. The minimum absolute atomic E-state index is 0.165. The molecule has 3 aromatic rings. The second-order valence-corrected chi connectivity index (χ2v) is 10.2. The fourth-order valence-electron chi connectivity index (χ4n) is 3.38. The molecule has 184 valence electrons. The molecule has 4 rings (SSSR count). The summed E-state index contributed by atoms with van der Waals surface area (Å²) in [6.45, 7) is -0.0396. The molecule has 1 N–H and O–H groups in total. The van der Waals surface area contributed by atoms with Gasteiger partial charge in [0, 0.05) is 10.7 Å². The van der Waals surface area contributed by atoms with Crippen LogP contribution in [0, 0.1) is 3.57 Å². The summed E-state index contributed by atoms with van der Waals surface area (Å²) in [6, 6.07) is 19.6. The minimum Gasteiger partial charge on any atom is -0.493 e. The Hall–Kier alpha value is -3.02. The van der Waals surface area contributed by atoms with Gasteiger partial charge in [0.15, 0.2) is 18.1 Å². The zero-order chi connectivity index (χ0) is 25.7. The number of carbonyl (C=O) groups is 3. The molecule has 1 heterocycles. The number of nitrogens with one attached hydrogen (secondary N) is 1. The van der Waals surface area contributed by atoms with Crippen molar-refractivity contribution >= 4 is 74.8 Å². The summed E-state index contributed by atoms with van der Waals surface area (Å²) in [5.74, 6) is 0.139. The largest absolute Gasteiger partial charge is 0.493 e. The van der Waals surface area contributed by atoms with Gasteiger partial charge in [-0.25, -0.2) is 0 Å². The molecule has 3 amide bonds. The fraction of sp³-hybridized carbons (Fsp3) is 0.115. The van der Waals surface area contributed by atoms with Crippen LogP contribution < -0.4 is 14.8 Å². The normalized spacial score (nSPS) is 14.3. The molecule has 10 heteroatoms. The van der Waals surface area contributed by atoms with E-state index in [9.17, 15) is 14.4 Å². The van der Waals surface area contributed by atoms with Crippen LogP contribution in [0.2, 0.25) is 5.02 Å². The van der Waals surface area contributed by atoms with Crippen LogP contribution in [0.3, 0.4) is 0 Å². The lowest BCUT2D eigenvalue weighted by atomic mass is 10.1. The van der Waals surface area contributed by atoms with Crippen LogP contribution in [0.1, 0.15) is 11.1 Å². The van der Waals surface area contributed by atoms with Gasteiger partial charge in [-0.2, -0.15) is 0 Å². The number of amides is 3. The first-order valence-electron chi connectivity index (χ1n) is 10.7. The molecule has 3 aromatic carbocycles. The van der Waals surface area contributed by atoms with E-state index in [1.807, 2.05) is 18.2 Å². The zero-order valence-corrected chi connectivity index (χ0v) is 22.7. The fourth-order valence-corrected chi connectivity index (χ4v) is 5.12. The molecule has 0 unspecified atom stereocenters. The number of halogens is 2. The molecule has 7 nitrogen and oxygen atoms in total. The third-order valence-electron chi connectivity index (χ3n) is 5.08. The van der Waals surface area contributed by atoms with Gasteiger partial charge in [-0.05, 0) is 88.0 Å². The predicted octanol–water partition coefficient (Wildman–Crippen LogP) is 6.21. The predicted molar refractivity (Wildman–Crippen MR) is 149 cm³/mol. The third kappa shape index (κ3) is 6.40. The van der Waals surface area contributed by atoms with E-state index in [0.29, 0.717) is 36.2 Å². The van der Waals surface area contributed by atoms with Gasteiger partial charge in [0.05, 0.1) is 22.1 Å². The molecule has 0 radical (unpaired) electrons. The Labute approximate surface area is 230 Å². The number of hydrogen-bond acceptors (Lipinski definition) is 6. The summed E-state index contributed by atoms with van der Waals surface area (Å²) < 4.78 is 11.9. The molecule has 0 saturated carbocycles. The standard InChI is InChI=1S/C26H20ClIN2O5S/c1-34-21-12-17(11-20(28)24(21)35-15-23(31)29-19-5-3-2-4-6-19)13-22-25(32)30(26(33)36-22)14-16-7-9-18(27)10-8-16/h2-13H,14-15H2,1H3,(H,29,31)/b22-13+. The highest BCUT2D eigenvalue weighted by atomic mass is 127. The summed E-state index contributed by atoms with van der Waals surface area (Å²) >= 11 is 8.88. The number of benzene rings is 3. The van der Waals surface area contributed by atoms with Crippen molar-refractivity contribution in [2.75, 3.05) is 19.0 Å². The smallest absolute Gasteiger partial charge is 0.293 e. The first kappa shape index (κ1) is 26.1. The highest BCUT2D eigenvalue weighted by molar-refractivity contribution is 14.1. The lowest BCUT2D eigenvalue weighted by Crippen LogP contribution is -2.27. The van der Waals surface area contributed by atoms with Crippen molar-refractivity contribution in [2.45, 2.75) is 6.54 Å².